The summed E-state index contributed by atoms with van der Waals surface area (Å²) in [5, 5.41) is 20.1. The summed E-state index contributed by atoms with van der Waals surface area (Å²) in [4.78, 5) is 58.3. The maximum atomic E-state index is 13.5. The van der Waals surface area contributed by atoms with Crippen LogP contribution in [-0.2, 0) is 32.0 Å². The quantitative estimate of drug-likeness (QED) is 0.113. The maximum absolute atomic E-state index is 13.5. The van der Waals surface area contributed by atoms with E-state index in [-0.39, 0.29) is 18.8 Å². The summed E-state index contributed by atoms with van der Waals surface area (Å²) in [6, 6.07) is 10.5. The van der Waals surface area contributed by atoms with Crippen molar-refractivity contribution in [3.63, 3.8) is 0 Å². The number of carbonyl (C=O) groups is 4. The zero-order valence-corrected chi connectivity index (χ0v) is 24.4. The van der Waals surface area contributed by atoms with Gasteiger partial charge in [0.05, 0.1) is 12.1 Å². The van der Waals surface area contributed by atoms with E-state index >= 15 is 0 Å². The lowest BCUT2D eigenvalue weighted by atomic mass is 10.00. The van der Waals surface area contributed by atoms with Crippen molar-refractivity contribution in [1.82, 2.24) is 25.9 Å². The molecule has 0 aliphatic rings. The molecular formula is C31H39N7O5. The van der Waals surface area contributed by atoms with Crippen LogP contribution in [0.1, 0.15) is 31.9 Å². The predicted molar refractivity (Wildman–Crippen MR) is 163 cm³/mol. The van der Waals surface area contributed by atoms with Gasteiger partial charge in [-0.3, -0.25) is 19.2 Å². The predicted octanol–water partition coefficient (Wildman–Crippen LogP) is 0.738. The molecule has 228 valence electrons. The molecule has 10 N–H and O–H groups in total. The number of rotatable bonds is 13. The number of aromatic amines is 2. The maximum Gasteiger partial charge on any atom is 0.245 e. The minimum absolute atomic E-state index is 0.0612. The lowest BCUT2D eigenvalue weighted by Gasteiger charge is -2.27. The molecule has 12 nitrogen and oxygen atoms in total. The third kappa shape index (κ3) is 7.40. The van der Waals surface area contributed by atoms with Gasteiger partial charge in [0, 0.05) is 40.6 Å². The van der Waals surface area contributed by atoms with Gasteiger partial charge in [0.2, 0.25) is 23.6 Å². The molecule has 0 aliphatic carbocycles. The molecule has 0 spiro atoms. The fourth-order valence-electron chi connectivity index (χ4n) is 5.11. The van der Waals surface area contributed by atoms with Crippen LogP contribution in [-0.4, -0.2) is 69.0 Å². The molecule has 2 heterocycles. The number of primary amides is 1. The minimum Gasteiger partial charge on any atom is -0.391 e. The molecule has 43 heavy (non-hydrogen) atoms. The summed E-state index contributed by atoms with van der Waals surface area (Å²) in [5.74, 6) is -3.07. The first-order valence-corrected chi connectivity index (χ1v) is 14.2. The van der Waals surface area contributed by atoms with Gasteiger partial charge in [-0.05, 0) is 42.5 Å². The topological polar surface area (TPSA) is 208 Å². The molecule has 0 saturated heterocycles. The molecule has 2 aromatic carbocycles. The molecule has 0 saturated carbocycles. The van der Waals surface area contributed by atoms with Crippen LogP contribution in [0.4, 0.5) is 0 Å². The van der Waals surface area contributed by atoms with Crippen LogP contribution in [0.5, 0.6) is 0 Å². The van der Waals surface area contributed by atoms with Crippen molar-refractivity contribution in [2.45, 2.75) is 63.9 Å². The summed E-state index contributed by atoms with van der Waals surface area (Å²) >= 11 is 0. The summed E-state index contributed by atoms with van der Waals surface area (Å²) in [6.07, 6.45) is 2.46. The van der Waals surface area contributed by atoms with Crippen LogP contribution in [0.3, 0.4) is 0 Å². The first-order chi connectivity index (χ1) is 20.5. The standard InChI is InChI=1S/C31H39N7O5/c1-16(2)26(28(33)40)37-30(42)25(13-19-15-35-24-11-7-5-9-21(19)24)36-31(43)27(17(3)39)38-29(41)22(32)12-18-14-34-23-10-6-4-8-20(18)23/h4-11,14-17,22,25-27,34-35,39H,12-13,32H2,1-3H3,(H2,33,40)(H,36,43)(H,37,42)(H,38,41)/t17-,22+,25+,26+,27+/m0/s1. The molecule has 0 aliphatic heterocycles. The number of para-hydroxylation sites is 2. The Morgan fingerprint density at radius 1 is 0.744 bits per heavy atom. The number of aliphatic hydroxyl groups is 1. The van der Waals surface area contributed by atoms with Gasteiger partial charge in [0.1, 0.15) is 18.1 Å². The number of nitrogens with one attached hydrogen (secondary N) is 5. The molecule has 0 fully saturated rings. The fraction of sp³-hybridized carbons (Fsp3) is 0.355. The lowest BCUT2D eigenvalue weighted by Crippen LogP contribution is -2.60. The van der Waals surface area contributed by atoms with E-state index in [4.69, 9.17) is 11.5 Å². The first kappa shape index (κ1) is 31.3. The van der Waals surface area contributed by atoms with Crippen molar-refractivity contribution in [1.29, 1.82) is 0 Å². The smallest absolute Gasteiger partial charge is 0.245 e. The second-order valence-corrected chi connectivity index (χ2v) is 11.2. The van der Waals surface area contributed by atoms with Gasteiger partial charge in [-0.2, -0.15) is 0 Å². The fourth-order valence-corrected chi connectivity index (χ4v) is 5.11. The number of benzene rings is 2. The zero-order chi connectivity index (χ0) is 31.3. The molecule has 4 amide bonds. The highest BCUT2D eigenvalue weighted by Gasteiger charge is 2.33. The van der Waals surface area contributed by atoms with E-state index in [0.29, 0.717) is 0 Å². The van der Waals surface area contributed by atoms with Gasteiger partial charge in [0.15, 0.2) is 0 Å². The Kier molecular flexibility index (Phi) is 9.84. The first-order valence-electron chi connectivity index (χ1n) is 14.2. The van der Waals surface area contributed by atoms with Gasteiger partial charge >= 0.3 is 0 Å². The highest BCUT2D eigenvalue weighted by atomic mass is 16.3. The number of fused-ring (bicyclic) bond motifs is 2. The average molecular weight is 590 g/mol. The number of nitrogens with two attached hydrogens (primary N) is 2. The van der Waals surface area contributed by atoms with Crippen molar-refractivity contribution in [3.05, 3.63) is 72.1 Å². The van der Waals surface area contributed by atoms with E-state index in [2.05, 4.69) is 25.9 Å². The number of hydrogen-bond acceptors (Lipinski definition) is 6. The molecular weight excluding hydrogens is 550 g/mol. The Bertz CT molecular complexity index is 1610. The highest BCUT2D eigenvalue weighted by Crippen LogP contribution is 2.20. The molecule has 0 radical (unpaired) electrons. The second kappa shape index (κ2) is 13.5. The van der Waals surface area contributed by atoms with Crippen molar-refractivity contribution < 1.29 is 24.3 Å². The zero-order valence-electron chi connectivity index (χ0n) is 24.4. The Morgan fingerprint density at radius 3 is 1.77 bits per heavy atom. The van der Waals surface area contributed by atoms with E-state index in [0.717, 1.165) is 32.9 Å². The normalized spacial score (nSPS) is 15.0. The van der Waals surface area contributed by atoms with Crippen molar-refractivity contribution in [2.24, 2.45) is 17.4 Å². The number of amides is 4. The Labute approximate surface area is 249 Å². The van der Waals surface area contributed by atoms with Gasteiger partial charge in [0.25, 0.3) is 0 Å². The van der Waals surface area contributed by atoms with Crippen molar-refractivity contribution in [2.75, 3.05) is 0 Å². The monoisotopic (exact) mass is 589 g/mol. The molecule has 12 heteroatoms. The molecule has 4 rings (SSSR count). The van der Waals surface area contributed by atoms with Crippen LogP contribution in [0.25, 0.3) is 21.8 Å². The summed E-state index contributed by atoms with van der Waals surface area (Å²) in [5.41, 5.74) is 15.0. The van der Waals surface area contributed by atoms with E-state index in [9.17, 15) is 24.3 Å². The second-order valence-electron chi connectivity index (χ2n) is 11.2. The highest BCUT2D eigenvalue weighted by molar-refractivity contribution is 5.96. The number of hydrogen-bond donors (Lipinski definition) is 8. The van der Waals surface area contributed by atoms with E-state index < -0.39 is 53.9 Å². The Hall–Kier alpha value is -4.68. The van der Waals surface area contributed by atoms with Crippen LogP contribution >= 0.6 is 0 Å². The third-order valence-corrected chi connectivity index (χ3v) is 7.52. The van der Waals surface area contributed by atoms with Crippen molar-refractivity contribution >= 4 is 45.4 Å². The van der Waals surface area contributed by atoms with Crippen molar-refractivity contribution in [3.8, 4) is 0 Å². The number of aliphatic hydroxyl groups excluding tert-OH is 1. The third-order valence-electron chi connectivity index (χ3n) is 7.52. The summed E-state index contributed by atoms with van der Waals surface area (Å²) in [6.45, 7) is 4.83. The molecule has 2 aromatic heterocycles. The molecule has 0 unspecified atom stereocenters. The summed E-state index contributed by atoms with van der Waals surface area (Å²) in [7, 11) is 0. The number of carbonyl (C=O) groups excluding carboxylic acids is 4. The van der Waals surface area contributed by atoms with E-state index in [1.54, 1.807) is 26.2 Å². The van der Waals surface area contributed by atoms with Gasteiger partial charge in [-0.15, -0.1) is 0 Å². The van der Waals surface area contributed by atoms with Crippen LogP contribution in [0.2, 0.25) is 0 Å². The minimum atomic E-state index is -1.41. The Balaban J connectivity index is 1.51. The lowest BCUT2D eigenvalue weighted by molar-refractivity contribution is -0.135. The van der Waals surface area contributed by atoms with E-state index in [1.165, 1.54) is 6.92 Å². The van der Waals surface area contributed by atoms with Gasteiger partial charge in [-0.1, -0.05) is 50.2 Å². The molecule has 0 bridgehead atoms. The molecule has 5 atom stereocenters. The molecule has 4 aromatic rings. The van der Waals surface area contributed by atoms with Crippen LogP contribution in [0.15, 0.2) is 60.9 Å². The number of H-pyrrole nitrogens is 2. The SMILES string of the molecule is CC(C)[C@@H](NC(=O)[C@@H](Cc1c[nH]c2ccccc12)NC(=O)[C@H](NC(=O)[C@H](N)Cc1c[nH]c2ccccc12)[C@H](C)O)C(N)=O. The Morgan fingerprint density at radius 2 is 1.26 bits per heavy atom. The average Bonchev–Trinajstić information content (AvgIpc) is 3.57. The largest absolute Gasteiger partial charge is 0.391 e. The summed E-state index contributed by atoms with van der Waals surface area (Å²) < 4.78 is 0. The van der Waals surface area contributed by atoms with Gasteiger partial charge < -0.3 is 42.5 Å². The number of aromatic nitrogens is 2. The van der Waals surface area contributed by atoms with Gasteiger partial charge in [-0.25, -0.2) is 0 Å². The van der Waals surface area contributed by atoms with Crippen LogP contribution < -0.4 is 27.4 Å². The van der Waals surface area contributed by atoms with Crippen LogP contribution in [0, 0.1) is 5.92 Å². The van der Waals surface area contributed by atoms with E-state index in [1.807, 2.05) is 48.5 Å².